The van der Waals surface area contributed by atoms with Crippen molar-refractivity contribution < 1.29 is 17.5 Å². The maximum Gasteiger partial charge on any atom is 0.0945 e. The molecule has 0 unspecified atom stereocenters. The van der Waals surface area contributed by atoms with Crippen molar-refractivity contribution in [2.75, 3.05) is 31.9 Å². The van der Waals surface area contributed by atoms with E-state index in [0.717, 1.165) is 17.4 Å². The standard InChI is InChI=1S/C26H55NO3S/c1-4-7-10-11-12-13-14-15-16-17-18-19-24-27(22-8-5-2,23-9-6-3)25-20-21-26-31(28,29)30/h4-26H2,1-3H3. The average molecular weight is 462 g/mol. The van der Waals surface area contributed by atoms with Crippen LogP contribution in [0.2, 0.25) is 0 Å². The Morgan fingerprint density at radius 2 is 0.806 bits per heavy atom. The van der Waals surface area contributed by atoms with E-state index in [-0.39, 0.29) is 5.75 Å². The fourth-order valence-corrected chi connectivity index (χ4v) is 5.23. The molecule has 0 radical (unpaired) electrons. The molecular formula is C26H55NO3S. The van der Waals surface area contributed by atoms with Gasteiger partial charge in [-0.1, -0.05) is 97.8 Å². The Bertz CT molecular complexity index is 471. The quantitative estimate of drug-likeness (QED) is 0.0853. The van der Waals surface area contributed by atoms with Gasteiger partial charge < -0.3 is 9.04 Å². The zero-order valence-corrected chi connectivity index (χ0v) is 22.2. The average Bonchev–Trinajstić information content (AvgIpc) is 2.73. The van der Waals surface area contributed by atoms with Crippen LogP contribution in [0.15, 0.2) is 0 Å². The highest BCUT2D eigenvalue weighted by molar-refractivity contribution is 7.85. The molecule has 0 heterocycles. The van der Waals surface area contributed by atoms with Crippen molar-refractivity contribution in [3.63, 3.8) is 0 Å². The van der Waals surface area contributed by atoms with Crippen molar-refractivity contribution in [1.82, 2.24) is 0 Å². The summed E-state index contributed by atoms with van der Waals surface area (Å²) in [5.74, 6) is -0.201. The lowest BCUT2D eigenvalue weighted by molar-refractivity contribution is -0.929. The Morgan fingerprint density at radius 1 is 0.484 bits per heavy atom. The summed E-state index contributed by atoms with van der Waals surface area (Å²) in [7, 11) is -4.07. The third-order valence-electron chi connectivity index (χ3n) is 6.73. The van der Waals surface area contributed by atoms with E-state index in [1.54, 1.807) is 0 Å². The van der Waals surface area contributed by atoms with E-state index < -0.39 is 10.1 Å². The highest BCUT2D eigenvalue weighted by atomic mass is 32.2. The lowest BCUT2D eigenvalue weighted by atomic mass is 10.0. The first-order valence-corrected chi connectivity index (χ1v) is 15.3. The van der Waals surface area contributed by atoms with Crippen molar-refractivity contribution in [3.05, 3.63) is 0 Å². The number of hydrogen-bond donors (Lipinski definition) is 0. The highest BCUT2D eigenvalue weighted by Crippen LogP contribution is 2.18. The molecule has 0 aromatic rings. The zero-order valence-electron chi connectivity index (χ0n) is 21.3. The molecule has 0 saturated carbocycles. The maximum absolute atomic E-state index is 10.9. The summed E-state index contributed by atoms with van der Waals surface area (Å²) in [4.78, 5) is 0. The van der Waals surface area contributed by atoms with Gasteiger partial charge >= 0.3 is 0 Å². The van der Waals surface area contributed by atoms with E-state index in [0.29, 0.717) is 6.42 Å². The first-order valence-electron chi connectivity index (χ1n) is 13.7. The van der Waals surface area contributed by atoms with Gasteiger partial charge in [0.1, 0.15) is 0 Å². The summed E-state index contributed by atoms with van der Waals surface area (Å²) < 4.78 is 33.9. The molecule has 0 amide bonds. The number of unbranched alkanes of at least 4 members (excludes halogenated alkanes) is 14. The molecular weight excluding hydrogens is 406 g/mol. The highest BCUT2D eigenvalue weighted by Gasteiger charge is 2.25. The van der Waals surface area contributed by atoms with Crippen LogP contribution in [0.4, 0.5) is 0 Å². The molecule has 0 saturated heterocycles. The molecule has 188 valence electrons. The minimum absolute atomic E-state index is 0.201. The fraction of sp³-hybridized carbons (Fsp3) is 1.00. The number of rotatable bonds is 24. The Balaban J connectivity index is 4.21. The summed E-state index contributed by atoms with van der Waals surface area (Å²) in [5, 5.41) is 0. The molecule has 5 heteroatoms. The molecule has 0 spiro atoms. The van der Waals surface area contributed by atoms with Crippen LogP contribution in [0.1, 0.15) is 136 Å². The van der Waals surface area contributed by atoms with E-state index in [1.165, 1.54) is 122 Å². The van der Waals surface area contributed by atoms with Crippen LogP contribution in [0.25, 0.3) is 0 Å². The number of hydrogen-bond acceptors (Lipinski definition) is 3. The molecule has 0 aromatic carbocycles. The van der Waals surface area contributed by atoms with Crippen LogP contribution in [-0.2, 0) is 10.1 Å². The molecule has 0 bridgehead atoms. The summed E-state index contributed by atoms with van der Waals surface area (Å²) in [6.45, 7) is 11.5. The van der Waals surface area contributed by atoms with Gasteiger partial charge in [-0.05, 0) is 38.5 Å². The third-order valence-corrected chi connectivity index (χ3v) is 7.52. The van der Waals surface area contributed by atoms with Gasteiger partial charge in [-0.25, -0.2) is 8.42 Å². The molecule has 0 rings (SSSR count). The van der Waals surface area contributed by atoms with Crippen LogP contribution in [0.5, 0.6) is 0 Å². The van der Waals surface area contributed by atoms with Gasteiger partial charge in [0.25, 0.3) is 0 Å². The predicted octanol–water partition coefficient (Wildman–Crippen LogP) is 7.43. The monoisotopic (exact) mass is 461 g/mol. The molecule has 0 fully saturated rings. The van der Waals surface area contributed by atoms with Crippen molar-refractivity contribution in [3.8, 4) is 0 Å². The Hall–Kier alpha value is -0.130. The van der Waals surface area contributed by atoms with E-state index >= 15 is 0 Å². The molecule has 0 aliphatic heterocycles. The Labute approximate surface area is 195 Å². The first kappa shape index (κ1) is 30.9. The van der Waals surface area contributed by atoms with Gasteiger partial charge in [0, 0.05) is 5.75 Å². The van der Waals surface area contributed by atoms with E-state index in [4.69, 9.17) is 0 Å². The van der Waals surface area contributed by atoms with Crippen LogP contribution in [0.3, 0.4) is 0 Å². The van der Waals surface area contributed by atoms with Gasteiger partial charge in [-0.2, -0.15) is 0 Å². The lowest BCUT2D eigenvalue weighted by Crippen LogP contribution is -2.50. The minimum Gasteiger partial charge on any atom is -0.748 e. The molecule has 31 heavy (non-hydrogen) atoms. The number of quaternary nitrogens is 1. The number of nitrogens with zero attached hydrogens (tertiary/aromatic N) is 1. The predicted molar refractivity (Wildman–Crippen MR) is 134 cm³/mol. The fourth-order valence-electron chi connectivity index (χ4n) is 4.67. The van der Waals surface area contributed by atoms with Crippen molar-refractivity contribution in [1.29, 1.82) is 0 Å². The molecule has 0 aromatic heterocycles. The maximum atomic E-state index is 10.9. The second-order valence-electron chi connectivity index (χ2n) is 9.80. The molecule has 0 aliphatic rings. The first-order chi connectivity index (χ1) is 14.9. The second kappa shape index (κ2) is 20.5. The van der Waals surface area contributed by atoms with Gasteiger partial charge in [0.05, 0.1) is 36.3 Å². The largest absolute Gasteiger partial charge is 0.748 e. The minimum atomic E-state index is -4.07. The van der Waals surface area contributed by atoms with Gasteiger partial charge in [-0.3, -0.25) is 0 Å². The molecule has 0 atom stereocenters. The summed E-state index contributed by atoms with van der Waals surface area (Å²) in [6, 6.07) is 0. The Kier molecular flexibility index (Phi) is 20.4. The van der Waals surface area contributed by atoms with Crippen LogP contribution in [0, 0.1) is 0 Å². The summed E-state index contributed by atoms with van der Waals surface area (Å²) >= 11 is 0. The topological polar surface area (TPSA) is 57.2 Å². The van der Waals surface area contributed by atoms with Crippen LogP contribution in [-0.4, -0.2) is 49.4 Å². The molecule has 4 nitrogen and oxygen atoms in total. The van der Waals surface area contributed by atoms with Crippen LogP contribution >= 0.6 is 0 Å². The lowest BCUT2D eigenvalue weighted by Gasteiger charge is -2.39. The van der Waals surface area contributed by atoms with E-state index in [9.17, 15) is 13.0 Å². The van der Waals surface area contributed by atoms with E-state index in [2.05, 4.69) is 20.8 Å². The van der Waals surface area contributed by atoms with Crippen molar-refractivity contribution >= 4 is 10.1 Å². The van der Waals surface area contributed by atoms with Gasteiger partial charge in [0.2, 0.25) is 0 Å². The smallest absolute Gasteiger partial charge is 0.0945 e. The second-order valence-corrected chi connectivity index (χ2v) is 11.3. The summed E-state index contributed by atoms with van der Waals surface area (Å²) in [6.07, 6.45) is 22.8. The SMILES string of the molecule is CCCCCCCCCCCCCC[N+](CCCC)(CCCC)CCCCS(=O)(=O)[O-]. The van der Waals surface area contributed by atoms with Gasteiger partial charge in [0.15, 0.2) is 0 Å². The molecule has 0 aliphatic carbocycles. The Morgan fingerprint density at radius 3 is 1.19 bits per heavy atom. The molecule has 0 N–H and O–H groups in total. The van der Waals surface area contributed by atoms with Crippen molar-refractivity contribution in [2.24, 2.45) is 0 Å². The van der Waals surface area contributed by atoms with Gasteiger partial charge in [-0.15, -0.1) is 0 Å². The zero-order chi connectivity index (χ0) is 23.3. The van der Waals surface area contributed by atoms with Crippen molar-refractivity contribution in [2.45, 2.75) is 136 Å². The van der Waals surface area contributed by atoms with E-state index in [1.807, 2.05) is 0 Å². The third kappa shape index (κ3) is 20.2. The normalized spacial score (nSPS) is 12.5. The van der Waals surface area contributed by atoms with Crippen LogP contribution < -0.4 is 0 Å². The summed E-state index contributed by atoms with van der Waals surface area (Å²) in [5.41, 5.74) is 0.